The molecule has 0 aromatic heterocycles. The summed E-state index contributed by atoms with van der Waals surface area (Å²) < 4.78 is 31.6. The highest BCUT2D eigenvalue weighted by molar-refractivity contribution is 6.33. The first-order chi connectivity index (χ1) is 10.5. The molecule has 1 N–H and O–H groups in total. The quantitative estimate of drug-likeness (QED) is 0.910. The smallest absolute Gasteiger partial charge is 0.253 e. The van der Waals surface area contributed by atoms with Gasteiger partial charge >= 0.3 is 0 Å². The fraction of sp³-hybridized carbons (Fsp3) is 0.188. The van der Waals surface area contributed by atoms with Crippen LogP contribution in [0.1, 0.15) is 21.5 Å². The molecule has 0 saturated heterocycles. The first-order valence-electron chi connectivity index (χ1n) is 6.50. The highest BCUT2D eigenvalue weighted by atomic mass is 35.5. The molecule has 0 bridgehead atoms. The summed E-state index contributed by atoms with van der Waals surface area (Å²) in [7, 11) is 1.47. The maximum atomic E-state index is 13.5. The lowest BCUT2D eigenvalue weighted by molar-refractivity contribution is 0.0950. The lowest BCUT2D eigenvalue weighted by atomic mass is 10.1. The van der Waals surface area contributed by atoms with E-state index in [-0.39, 0.29) is 29.6 Å². The van der Waals surface area contributed by atoms with E-state index in [4.69, 9.17) is 16.3 Å². The van der Waals surface area contributed by atoms with Crippen LogP contribution in [0.25, 0.3) is 0 Å². The highest BCUT2D eigenvalue weighted by Crippen LogP contribution is 2.17. The standard InChI is InChI=1S/C16H14ClF2NO2/c1-22-9-11-6-10(2-5-15(11)19)8-20-16(21)13-7-12(18)3-4-14(13)17/h2-7H,8-9H2,1H3,(H,20,21). The average molecular weight is 326 g/mol. The summed E-state index contributed by atoms with van der Waals surface area (Å²) >= 11 is 5.87. The van der Waals surface area contributed by atoms with Crippen LogP contribution in [0.15, 0.2) is 36.4 Å². The van der Waals surface area contributed by atoms with Crippen LogP contribution >= 0.6 is 11.6 Å². The summed E-state index contributed by atoms with van der Waals surface area (Å²) in [6.45, 7) is 0.312. The van der Waals surface area contributed by atoms with Gasteiger partial charge in [-0.2, -0.15) is 0 Å². The second-order valence-electron chi connectivity index (χ2n) is 4.67. The van der Waals surface area contributed by atoms with Gasteiger partial charge < -0.3 is 10.1 Å². The van der Waals surface area contributed by atoms with Crippen LogP contribution in [-0.4, -0.2) is 13.0 Å². The summed E-state index contributed by atoms with van der Waals surface area (Å²) in [4.78, 5) is 12.0. The molecule has 0 aliphatic heterocycles. The Labute approximate surface area is 131 Å². The molecule has 1 amide bonds. The summed E-state index contributed by atoms with van der Waals surface area (Å²) in [5, 5.41) is 2.78. The molecule has 116 valence electrons. The molecule has 0 saturated carbocycles. The van der Waals surface area contributed by atoms with E-state index in [9.17, 15) is 13.6 Å². The SMILES string of the molecule is COCc1cc(CNC(=O)c2cc(F)ccc2Cl)ccc1F. The van der Waals surface area contributed by atoms with Crippen LogP contribution in [0, 0.1) is 11.6 Å². The summed E-state index contributed by atoms with van der Waals surface area (Å²) in [5.74, 6) is -1.41. The number of rotatable bonds is 5. The van der Waals surface area contributed by atoms with Crippen LogP contribution in [0.5, 0.6) is 0 Å². The van der Waals surface area contributed by atoms with Crippen LogP contribution < -0.4 is 5.32 Å². The predicted molar refractivity (Wildman–Crippen MR) is 79.7 cm³/mol. The number of amides is 1. The van der Waals surface area contributed by atoms with E-state index in [0.29, 0.717) is 11.1 Å². The van der Waals surface area contributed by atoms with Crippen molar-refractivity contribution < 1.29 is 18.3 Å². The first kappa shape index (κ1) is 16.4. The van der Waals surface area contributed by atoms with Crippen molar-refractivity contribution >= 4 is 17.5 Å². The topological polar surface area (TPSA) is 38.3 Å². The maximum absolute atomic E-state index is 13.5. The molecule has 22 heavy (non-hydrogen) atoms. The van der Waals surface area contributed by atoms with Crippen LogP contribution in [0.2, 0.25) is 5.02 Å². The number of carbonyl (C=O) groups excluding carboxylic acids is 1. The lowest BCUT2D eigenvalue weighted by Gasteiger charge is -2.09. The Hall–Kier alpha value is -1.98. The van der Waals surface area contributed by atoms with Crippen LogP contribution in [0.4, 0.5) is 8.78 Å². The molecule has 2 aromatic rings. The molecule has 0 aliphatic rings. The molecule has 0 fully saturated rings. The summed E-state index contributed by atoms with van der Waals surface area (Å²) in [5.41, 5.74) is 1.16. The van der Waals surface area contributed by atoms with Gasteiger partial charge in [-0.05, 0) is 35.9 Å². The first-order valence-corrected chi connectivity index (χ1v) is 6.88. The molecule has 2 aromatic carbocycles. The number of hydrogen-bond acceptors (Lipinski definition) is 2. The van der Waals surface area contributed by atoms with E-state index < -0.39 is 11.7 Å². The van der Waals surface area contributed by atoms with Crippen molar-refractivity contribution in [3.8, 4) is 0 Å². The second kappa shape index (κ2) is 7.33. The molecule has 3 nitrogen and oxygen atoms in total. The zero-order valence-electron chi connectivity index (χ0n) is 11.8. The zero-order valence-corrected chi connectivity index (χ0v) is 12.6. The van der Waals surface area contributed by atoms with E-state index in [1.54, 1.807) is 12.1 Å². The Kier molecular flexibility index (Phi) is 5.46. The van der Waals surface area contributed by atoms with E-state index in [1.165, 1.54) is 25.3 Å². The van der Waals surface area contributed by atoms with Gasteiger partial charge in [0, 0.05) is 19.2 Å². The number of methoxy groups -OCH3 is 1. The molecule has 0 aliphatic carbocycles. The van der Waals surface area contributed by atoms with Crippen LogP contribution in [-0.2, 0) is 17.9 Å². The molecule has 2 rings (SSSR count). The number of halogens is 3. The van der Waals surface area contributed by atoms with Crippen molar-refractivity contribution in [1.82, 2.24) is 5.32 Å². The molecular formula is C16H14ClF2NO2. The minimum atomic E-state index is -0.543. The predicted octanol–water partition coefficient (Wildman–Crippen LogP) is 3.69. The van der Waals surface area contributed by atoms with E-state index in [2.05, 4.69) is 5.32 Å². The Balaban J connectivity index is 2.08. The molecule has 0 unspecified atom stereocenters. The maximum Gasteiger partial charge on any atom is 0.253 e. The van der Waals surface area contributed by atoms with Crippen LogP contribution in [0.3, 0.4) is 0 Å². The van der Waals surface area contributed by atoms with Gasteiger partial charge in [0.2, 0.25) is 0 Å². The van der Waals surface area contributed by atoms with Gasteiger partial charge in [-0.15, -0.1) is 0 Å². The van der Waals surface area contributed by atoms with Gasteiger partial charge in [0.15, 0.2) is 0 Å². The highest BCUT2D eigenvalue weighted by Gasteiger charge is 2.11. The molecule has 0 spiro atoms. The van der Waals surface area contributed by atoms with Crippen molar-refractivity contribution in [3.05, 3.63) is 69.7 Å². The summed E-state index contributed by atoms with van der Waals surface area (Å²) in [6, 6.07) is 8.04. The number of carbonyl (C=O) groups is 1. The Bertz CT molecular complexity index is 692. The van der Waals surface area contributed by atoms with Gasteiger partial charge in [-0.3, -0.25) is 4.79 Å². The zero-order chi connectivity index (χ0) is 16.1. The van der Waals surface area contributed by atoms with Gasteiger partial charge in [0.1, 0.15) is 11.6 Å². The molecular weight excluding hydrogens is 312 g/mol. The Morgan fingerprint density at radius 1 is 1.23 bits per heavy atom. The van der Waals surface area contributed by atoms with E-state index in [0.717, 1.165) is 6.07 Å². The third-order valence-corrected chi connectivity index (χ3v) is 3.37. The van der Waals surface area contributed by atoms with Crippen molar-refractivity contribution in [2.45, 2.75) is 13.2 Å². The van der Waals surface area contributed by atoms with E-state index in [1.807, 2.05) is 0 Å². The fourth-order valence-corrected chi connectivity index (χ4v) is 2.16. The minimum Gasteiger partial charge on any atom is -0.380 e. The third-order valence-electron chi connectivity index (χ3n) is 3.04. The molecule has 0 radical (unpaired) electrons. The fourth-order valence-electron chi connectivity index (χ4n) is 1.95. The second-order valence-corrected chi connectivity index (χ2v) is 5.07. The number of nitrogens with one attached hydrogen (secondary N) is 1. The Morgan fingerprint density at radius 2 is 2.00 bits per heavy atom. The average Bonchev–Trinajstić information content (AvgIpc) is 2.50. The minimum absolute atomic E-state index is 0.0564. The monoisotopic (exact) mass is 325 g/mol. The van der Waals surface area contributed by atoms with Crippen molar-refractivity contribution in [2.24, 2.45) is 0 Å². The summed E-state index contributed by atoms with van der Waals surface area (Å²) in [6.07, 6.45) is 0. The Morgan fingerprint density at radius 3 is 2.73 bits per heavy atom. The van der Waals surface area contributed by atoms with Crippen molar-refractivity contribution in [3.63, 3.8) is 0 Å². The molecule has 6 heteroatoms. The third kappa shape index (κ3) is 4.02. The number of benzene rings is 2. The van der Waals surface area contributed by atoms with Gasteiger partial charge in [-0.25, -0.2) is 8.78 Å². The van der Waals surface area contributed by atoms with Crippen molar-refractivity contribution in [2.75, 3.05) is 7.11 Å². The number of hydrogen-bond donors (Lipinski definition) is 1. The van der Waals surface area contributed by atoms with E-state index >= 15 is 0 Å². The number of ether oxygens (including phenoxy) is 1. The lowest BCUT2D eigenvalue weighted by Crippen LogP contribution is -2.23. The molecule has 0 atom stereocenters. The van der Waals surface area contributed by atoms with Gasteiger partial charge in [0.05, 0.1) is 17.2 Å². The normalized spacial score (nSPS) is 10.5. The molecule has 0 heterocycles. The largest absolute Gasteiger partial charge is 0.380 e. The van der Waals surface area contributed by atoms with Crippen molar-refractivity contribution in [1.29, 1.82) is 0 Å². The van der Waals surface area contributed by atoms with Gasteiger partial charge in [-0.1, -0.05) is 17.7 Å². The van der Waals surface area contributed by atoms with Gasteiger partial charge in [0.25, 0.3) is 5.91 Å².